The lowest BCUT2D eigenvalue weighted by molar-refractivity contribution is -0.133. The molecule has 0 aromatic heterocycles. The smallest absolute Gasteiger partial charge is 0.315 e. The third-order valence-electron chi connectivity index (χ3n) is 5.84. The minimum absolute atomic E-state index is 0.0224. The number of nitrogens with two attached hydrogens (primary N) is 1. The first-order chi connectivity index (χ1) is 16.5. The molecular formula is C28H19ClN2O3. The zero-order valence-electron chi connectivity index (χ0n) is 18.0. The van der Waals surface area contributed by atoms with Crippen molar-refractivity contribution < 1.29 is 14.3 Å². The third kappa shape index (κ3) is 4.07. The fourth-order valence-electron chi connectivity index (χ4n) is 4.27. The van der Waals surface area contributed by atoms with Crippen LogP contribution in [0.5, 0.6) is 11.5 Å². The second kappa shape index (κ2) is 8.93. The maximum Gasteiger partial charge on any atom is 0.315 e. The molecule has 4 aromatic rings. The number of nitrogens with zero attached hydrogens (tertiary/aromatic N) is 1. The SMILES string of the molecule is N#CC1=C(N)Oc2cc(OC(=O)Cc3cccc4ccccc34)ccc2C1c1ccc(Cl)cc1. The van der Waals surface area contributed by atoms with Crippen molar-refractivity contribution in [1.82, 2.24) is 0 Å². The van der Waals surface area contributed by atoms with Crippen LogP contribution in [0.2, 0.25) is 5.02 Å². The van der Waals surface area contributed by atoms with E-state index in [1.54, 1.807) is 30.3 Å². The van der Waals surface area contributed by atoms with Gasteiger partial charge in [-0.2, -0.15) is 5.26 Å². The summed E-state index contributed by atoms with van der Waals surface area (Å²) in [5, 5.41) is 12.4. The molecule has 0 fully saturated rings. The van der Waals surface area contributed by atoms with Crippen molar-refractivity contribution in [3.05, 3.63) is 118 Å². The van der Waals surface area contributed by atoms with Gasteiger partial charge in [-0.25, -0.2) is 0 Å². The van der Waals surface area contributed by atoms with Gasteiger partial charge in [0, 0.05) is 16.7 Å². The van der Waals surface area contributed by atoms with E-state index in [9.17, 15) is 10.1 Å². The molecule has 0 saturated carbocycles. The quantitative estimate of drug-likeness (QED) is 0.301. The van der Waals surface area contributed by atoms with E-state index in [0.29, 0.717) is 22.1 Å². The molecule has 1 aliphatic rings. The number of benzene rings is 4. The second-order valence-electron chi connectivity index (χ2n) is 7.97. The maximum absolute atomic E-state index is 12.7. The van der Waals surface area contributed by atoms with Gasteiger partial charge < -0.3 is 15.2 Å². The van der Waals surface area contributed by atoms with Crippen LogP contribution in [0.3, 0.4) is 0 Å². The summed E-state index contributed by atoms with van der Waals surface area (Å²) in [7, 11) is 0. The molecule has 0 radical (unpaired) electrons. The van der Waals surface area contributed by atoms with Crippen LogP contribution in [-0.2, 0) is 11.2 Å². The Kier molecular flexibility index (Phi) is 5.67. The molecule has 1 aliphatic heterocycles. The molecule has 0 spiro atoms. The van der Waals surface area contributed by atoms with Gasteiger partial charge >= 0.3 is 5.97 Å². The molecule has 6 heteroatoms. The second-order valence-corrected chi connectivity index (χ2v) is 8.40. The fourth-order valence-corrected chi connectivity index (χ4v) is 4.39. The molecule has 1 heterocycles. The Morgan fingerprint density at radius 2 is 1.79 bits per heavy atom. The van der Waals surface area contributed by atoms with Crippen LogP contribution < -0.4 is 15.2 Å². The Labute approximate surface area is 201 Å². The Balaban J connectivity index is 1.42. The molecule has 166 valence electrons. The van der Waals surface area contributed by atoms with Gasteiger partial charge in [-0.1, -0.05) is 72.3 Å². The van der Waals surface area contributed by atoms with Gasteiger partial charge in [0.2, 0.25) is 5.88 Å². The molecule has 2 N–H and O–H groups in total. The number of carbonyl (C=O) groups excluding carboxylic acids is 1. The number of fused-ring (bicyclic) bond motifs is 2. The summed E-state index contributed by atoms with van der Waals surface area (Å²) in [6, 6.07) is 28.3. The summed E-state index contributed by atoms with van der Waals surface area (Å²) in [5.41, 5.74) is 8.89. The first-order valence-electron chi connectivity index (χ1n) is 10.7. The largest absolute Gasteiger partial charge is 0.440 e. The van der Waals surface area contributed by atoms with Gasteiger partial charge in [-0.3, -0.25) is 4.79 Å². The van der Waals surface area contributed by atoms with E-state index in [1.807, 2.05) is 54.6 Å². The van der Waals surface area contributed by atoms with E-state index >= 15 is 0 Å². The number of allylic oxidation sites excluding steroid dienone is 1. The van der Waals surface area contributed by atoms with Gasteiger partial charge in [-0.05, 0) is 40.1 Å². The number of halogens is 1. The number of nitriles is 1. The van der Waals surface area contributed by atoms with E-state index in [1.165, 1.54) is 0 Å². The van der Waals surface area contributed by atoms with E-state index < -0.39 is 5.92 Å². The highest BCUT2D eigenvalue weighted by Gasteiger charge is 2.31. The fraction of sp³-hybridized carbons (Fsp3) is 0.0714. The number of ether oxygens (including phenoxy) is 2. The Hall–Kier alpha value is -4.27. The van der Waals surface area contributed by atoms with Crippen molar-refractivity contribution in [2.75, 3.05) is 0 Å². The molecule has 4 aromatic carbocycles. The van der Waals surface area contributed by atoms with Crippen LogP contribution in [0.15, 0.2) is 96.4 Å². The zero-order chi connectivity index (χ0) is 23.7. The van der Waals surface area contributed by atoms with Crippen molar-refractivity contribution in [1.29, 1.82) is 5.26 Å². The normalized spacial score (nSPS) is 14.8. The van der Waals surface area contributed by atoms with Crippen molar-refractivity contribution in [3.8, 4) is 17.6 Å². The maximum atomic E-state index is 12.7. The lowest BCUT2D eigenvalue weighted by atomic mass is 9.83. The summed E-state index contributed by atoms with van der Waals surface area (Å²) in [6.45, 7) is 0. The van der Waals surface area contributed by atoms with Crippen LogP contribution >= 0.6 is 11.6 Å². The Morgan fingerprint density at radius 3 is 2.59 bits per heavy atom. The molecule has 34 heavy (non-hydrogen) atoms. The van der Waals surface area contributed by atoms with Crippen molar-refractivity contribution in [2.45, 2.75) is 12.3 Å². The van der Waals surface area contributed by atoms with Gasteiger partial charge in [0.15, 0.2) is 0 Å². The molecule has 0 saturated heterocycles. The average molecular weight is 467 g/mol. The van der Waals surface area contributed by atoms with E-state index in [-0.39, 0.29) is 18.3 Å². The minimum Gasteiger partial charge on any atom is -0.440 e. The first kappa shape index (κ1) is 21.6. The van der Waals surface area contributed by atoms with Gasteiger partial charge in [0.05, 0.1) is 12.3 Å². The number of hydrogen-bond donors (Lipinski definition) is 1. The molecule has 0 amide bonds. The van der Waals surface area contributed by atoms with Crippen LogP contribution in [-0.4, -0.2) is 5.97 Å². The molecule has 5 rings (SSSR count). The highest BCUT2D eigenvalue weighted by Crippen LogP contribution is 2.43. The number of rotatable bonds is 4. The predicted molar refractivity (Wildman–Crippen MR) is 130 cm³/mol. The topological polar surface area (TPSA) is 85.3 Å². The van der Waals surface area contributed by atoms with Gasteiger partial charge in [0.1, 0.15) is 23.1 Å². The van der Waals surface area contributed by atoms with Gasteiger partial charge in [-0.15, -0.1) is 0 Å². The molecule has 1 atom stereocenters. The number of hydrogen-bond acceptors (Lipinski definition) is 5. The molecule has 5 nitrogen and oxygen atoms in total. The van der Waals surface area contributed by atoms with E-state index in [2.05, 4.69) is 6.07 Å². The summed E-state index contributed by atoms with van der Waals surface area (Å²) in [6.07, 6.45) is 0.132. The van der Waals surface area contributed by atoms with Crippen LogP contribution in [0.4, 0.5) is 0 Å². The van der Waals surface area contributed by atoms with Crippen LogP contribution in [0.1, 0.15) is 22.6 Å². The Bertz CT molecular complexity index is 1480. The third-order valence-corrected chi connectivity index (χ3v) is 6.09. The van der Waals surface area contributed by atoms with Crippen molar-refractivity contribution in [3.63, 3.8) is 0 Å². The summed E-state index contributed by atoms with van der Waals surface area (Å²) in [5.74, 6) is 0.00202. The predicted octanol–water partition coefficient (Wildman–Crippen LogP) is 5.86. The minimum atomic E-state index is -0.411. The number of carbonyl (C=O) groups is 1. The van der Waals surface area contributed by atoms with E-state index in [0.717, 1.165) is 27.5 Å². The highest BCUT2D eigenvalue weighted by atomic mass is 35.5. The summed E-state index contributed by atoms with van der Waals surface area (Å²) in [4.78, 5) is 12.7. The first-order valence-corrected chi connectivity index (χ1v) is 11.1. The molecule has 1 unspecified atom stereocenters. The van der Waals surface area contributed by atoms with E-state index in [4.69, 9.17) is 26.8 Å². The van der Waals surface area contributed by atoms with Crippen LogP contribution in [0, 0.1) is 11.3 Å². The van der Waals surface area contributed by atoms with Crippen molar-refractivity contribution >= 4 is 28.3 Å². The summed E-state index contributed by atoms with van der Waals surface area (Å²) < 4.78 is 11.3. The monoisotopic (exact) mass is 466 g/mol. The lowest BCUT2D eigenvalue weighted by Gasteiger charge is -2.26. The lowest BCUT2D eigenvalue weighted by Crippen LogP contribution is -2.21. The average Bonchev–Trinajstić information content (AvgIpc) is 2.84. The number of esters is 1. The zero-order valence-corrected chi connectivity index (χ0v) is 18.8. The molecular weight excluding hydrogens is 448 g/mol. The van der Waals surface area contributed by atoms with Crippen molar-refractivity contribution in [2.24, 2.45) is 5.73 Å². The standard InChI is InChI=1S/C28H19ClN2O3/c29-20-10-8-18(9-11-20)27-23-13-12-21(15-25(23)34-28(31)24(27)16-30)33-26(32)14-19-6-3-5-17-4-1-2-7-22(17)19/h1-13,15,27H,14,31H2. The van der Waals surface area contributed by atoms with Gasteiger partial charge in [0.25, 0.3) is 0 Å². The molecule has 0 bridgehead atoms. The summed E-state index contributed by atoms with van der Waals surface area (Å²) >= 11 is 6.03. The molecule has 0 aliphatic carbocycles. The highest BCUT2D eigenvalue weighted by molar-refractivity contribution is 6.30. The Morgan fingerprint density at radius 1 is 1.03 bits per heavy atom. The van der Waals surface area contributed by atoms with Crippen LogP contribution in [0.25, 0.3) is 10.8 Å².